The van der Waals surface area contributed by atoms with Crippen LogP contribution in [0.2, 0.25) is 0 Å². The van der Waals surface area contributed by atoms with Crippen LogP contribution in [-0.4, -0.2) is 232 Å². The average molecular weight is 2010 g/mol. The number of imidazole rings is 7. The van der Waals surface area contributed by atoms with Crippen LogP contribution in [0, 0.1) is 76.2 Å². The van der Waals surface area contributed by atoms with E-state index in [1.807, 2.05) is 174 Å². The molecule has 2 N–H and O–H groups in total. The van der Waals surface area contributed by atoms with Gasteiger partial charge in [-0.1, -0.05) is 216 Å². The molecule has 19 aromatic rings. The van der Waals surface area contributed by atoms with Crippen molar-refractivity contribution in [2.75, 3.05) is 19.6 Å². The third-order valence-corrected chi connectivity index (χ3v) is 20.5. The standard InChI is InChI=1S/C19H15N4.C17H16N3O3S.C16H14N3.C15H16N5O2S.2C15H15N4.3Al.3Ga/c1-14-6-5-7-15(10-14)17-11-21-19(22-17)18-12-20-13-23(18)16-8-3-2-4-9-16;1-23-13-8-9-15(20-24(2,21)22)14(10-13)16-11-18-17(19-16)12-6-4-3-5-7-12;1-11-7-12(2)9-13(8-11)15-10-18-16(19-15)14-5-3-4-6-17-14;1-10-8-11(2)20(18-10)15-16-9-14(17-15)12-6-4-5-7-13(12)19-23(3,21)22;1-10-4-6-13(7-5-10)14-9-16-15(17-14)19-12(3)8-11(2)18-19;1-10-5-4-6-13(7-10)14-9-16-15(17-14)19-12(3)8-11(2)18-19;;;;;;/h2-13H,1H3;3-11H,1-2H3,(H,18,19);3-10H,1-2H3;4-9H,1-3H3,(H,16,17);2*4-9H,1-3H3;;;;;;/q6*-1;6*+3. The molecule has 0 fully saturated rings. The van der Waals surface area contributed by atoms with E-state index >= 15 is 0 Å². The van der Waals surface area contributed by atoms with Gasteiger partial charge in [-0.25, -0.2) is 46.7 Å². The molecule has 11 heterocycles. The molecule has 0 spiro atoms. The van der Waals surface area contributed by atoms with Crippen LogP contribution >= 0.6 is 0 Å². The van der Waals surface area contributed by atoms with E-state index in [1.165, 1.54) is 27.8 Å². The van der Waals surface area contributed by atoms with Crippen molar-refractivity contribution in [1.82, 2.24) is 104 Å². The van der Waals surface area contributed by atoms with Crippen LogP contribution in [-0.2, 0) is 20.0 Å². The topological polar surface area (TPSA) is 355 Å². The van der Waals surface area contributed by atoms with E-state index in [9.17, 15) is 16.8 Å². The van der Waals surface area contributed by atoms with Crippen LogP contribution in [0.15, 0.2) is 286 Å². The molecule has 0 aliphatic rings. The number of nitrogens with zero attached hydrogens (tertiary/aromatic N) is 21. The first-order valence-corrected chi connectivity index (χ1v) is 44.0. The molecule has 0 aliphatic heterocycles. The zero-order chi connectivity index (χ0) is 89.5. The smallest absolute Gasteiger partial charge is 0.577 e. The van der Waals surface area contributed by atoms with Gasteiger partial charge in [0.1, 0.15) is 11.6 Å². The van der Waals surface area contributed by atoms with E-state index in [-0.39, 0.29) is 111 Å². The molecular weight excluding hydrogens is 1920 g/mol. The fourth-order valence-corrected chi connectivity index (χ4v) is 14.7. The molecule has 642 valence electrons. The minimum atomic E-state index is -3.52. The molecule has 133 heavy (non-hydrogen) atoms. The number of para-hydroxylation sites is 1. The Morgan fingerprint density at radius 2 is 0.850 bits per heavy atom. The predicted molar refractivity (Wildman–Crippen MR) is 532 cm³/mol. The van der Waals surface area contributed by atoms with Gasteiger partial charge in [-0.3, -0.25) is 9.55 Å². The van der Waals surface area contributed by atoms with Crippen molar-refractivity contribution in [2.24, 2.45) is 0 Å². The summed E-state index contributed by atoms with van der Waals surface area (Å²) in [7, 11) is -5.46. The van der Waals surface area contributed by atoms with Crippen LogP contribution in [0.3, 0.4) is 0 Å². The molecule has 0 bridgehead atoms. The maximum absolute atomic E-state index is 11.5. The second-order valence-corrected chi connectivity index (χ2v) is 33.4. The number of aromatic amines is 2. The molecule has 0 saturated carbocycles. The Kier molecular flexibility index (Phi) is 38.7. The molecule has 11 aromatic heterocycles. The zero-order valence-electron chi connectivity index (χ0n) is 75.8. The van der Waals surface area contributed by atoms with Crippen molar-refractivity contribution >= 4 is 143 Å². The molecule has 19 rings (SSSR count). The number of aromatic nitrogens is 21. The summed E-state index contributed by atoms with van der Waals surface area (Å²) in [5.74, 6) is 4.48. The average Bonchev–Trinajstić information content (AvgIpc) is 1.69. The number of sulfonamides is 2. The van der Waals surface area contributed by atoms with Gasteiger partial charge in [0.05, 0.1) is 80.5 Å². The van der Waals surface area contributed by atoms with Crippen molar-refractivity contribution in [3.63, 3.8) is 0 Å². The molecule has 0 radical (unpaired) electrons. The Morgan fingerprint density at radius 3 is 1.39 bits per heavy atom. The van der Waals surface area contributed by atoms with E-state index in [0.29, 0.717) is 75.0 Å². The van der Waals surface area contributed by atoms with Crippen molar-refractivity contribution in [1.29, 1.82) is 0 Å². The van der Waals surface area contributed by atoms with Crippen LogP contribution in [0.25, 0.3) is 135 Å². The summed E-state index contributed by atoms with van der Waals surface area (Å²) in [5, 5.41) is 13.2. The van der Waals surface area contributed by atoms with Gasteiger partial charge in [-0.2, -0.15) is 5.10 Å². The number of ether oxygens (including phenoxy) is 1. The van der Waals surface area contributed by atoms with E-state index in [4.69, 9.17) is 4.74 Å². The Balaban J connectivity index is 0.000000195. The van der Waals surface area contributed by atoms with Crippen molar-refractivity contribution < 1.29 is 21.6 Å². The summed E-state index contributed by atoms with van der Waals surface area (Å²) in [6.07, 6.45) is 17.9. The molecule has 8 aromatic carbocycles. The molecule has 0 saturated heterocycles. The van der Waals surface area contributed by atoms with Gasteiger partial charge in [0.2, 0.25) is 5.95 Å². The number of methoxy groups -OCH3 is 1. The normalized spacial score (nSPS) is 10.5. The first-order valence-electron chi connectivity index (χ1n) is 40.3. The summed E-state index contributed by atoms with van der Waals surface area (Å²) < 4.78 is 66.0. The van der Waals surface area contributed by atoms with E-state index in [2.05, 4.69) is 202 Å². The second kappa shape index (κ2) is 48.5. The molecule has 28 nitrogen and oxygen atoms in total. The van der Waals surface area contributed by atoms with E-state index in [1.54, 1.807) is 107 Å². The van der Waals surface area contributed by atoms with E-state index in [0.717, 1.165) is 114 Å². The number of nitrogens with one attached hydrogen (secondary N) is 2. The monoisotopic (exact) mass is 2010 g/mol. The zero-order valence-corrected chi connectivity index (χ0v) is 88.2. The largest absolute Gasteiger partial charge is 3.00 e. The number of H-pyrrole nitrogens is 2. The first-order chi connectivity index (χ1) is 61.1. The molecule has 0 atom stereocenters. The summed E-state index contributed by atoms with van der Waals surface area (Å²) in [5.41, 5.74) is 26.9. The van der Waals surface area contributed by atoms with Gasteiger partial charge in [0, 0.05) is 70.3 Å². The van der Waals surface area contributed by atoms with Gasteiger partial charge in [0.25, 0.3) is 0 Å². The van der Waals surface area contributed by atoms with Crippen LogP contribution < -0.4 is 24.7 Å². The number of hydrogen-bond donors (Lipinski definition) is 2. The fourth-order valence-electron chi connectivity index (χ4n) is 13.7. The fraction of sp³-hybridized carbons (Fsp3) is 0.144. The predicted octanol–water partition coefficient (Wildman–Crippen LogP) is 17.2. The Labute approximate surface area is 845 Å². The van der Waals surface area contributed by atoms with Gasteiger partial charge < -0.3 is 73.4 Å². The SMILES string of the molecule is COc1ccc([N-]S(C)(=O)=O)c(-c2cnc(-c3ccccc3)[nH]2)c1.Cc1cc(C)cc(-c2c[n-]c(-c3ccccn3)n2)c1.Cc1cc(C)n(-c2ncc(-c3ccccc3[N-]S(C)(=O)=O)[nH]2)n1.Cc1ccc(-c2c[n-]c(-n3nc(C)cc3C)n2)cc1.Cc1cccc(-c2c[n-]c(-c3cncn3-c3ccccc3)n2)c1.Cc1cccc(-c2c[n-]c(-n3nc(C)cc3C)n2)c1.[Al+3].[Al+3].[Al+3].[Ga+3].[Ga+3].[Ga+3]. The minimum absolute atomic E-state index is 0. The van der Waals surface area contributed by atoms with Gasteiger partial charge in [-0.15, -0.1) is 11.4 Å². The number of aryl methyl sites for hydroxylation is 11. The van der Waals surface area contributed by atoms with Crippen molar-refractivity contribution in [3.8, 4) is 131 Å². The molecule has 0 unspecified atom stereocenters. The van der Waals surface area contributed by atoms with Gasteiger partial charge >= 0.3 is 111 Å². The third-order valence-electron chi connectivity index (χ3n) is 19.4. The maximum Gasteiger partial charge on any atom is 3.00 e. The maximum atomic E-state index is 11.5. The Morgan fingerprint density at radius 1 is 0.376 bits per heavy atom. The van der Waals surface area contributed by atoms with Gasteiger partial charge in [0.15, 0.2) is 0 Å². The third kappa shape index (κ3) is 28.4. The van der Waals surface area contributed by atoms with Crippen LogP contribution in [0.1, 0.15) is 62.0 Å². The summed E-state index contributed by atoms with van der Waals surface area (Å²) in [6.45, 7) is 22.2. The minimum Gasteiger partial charge on any atom is -0.577 e. The summed E-state index contributed by atoms with van der Waals surface area (Å²) >= 11 is 0. The second-order valence-electron chi connectivity index (χ2n) is 30.1. The number of hydrogen-bond acceptors (Lipinski definition) is 16. The van der Waals surface area contributed by atoms with E-state index < -0.39 is 20.0 Å². The van der Waals surface area contributed by atoms with Crippen LogP contribution in [0.5, 0.6) is 5.75 Å². The molecule has 0 aliphatic carbocycles. The van der Waals surface area contributed by atoms with Crippen molar-refractivity contribution in [2.45, 2.75) is 76.2 Å². The Bertz CT molecular complexity index is 7190. The van der Waals surface area contributed by atoms with Crippen molar-refractivity contribution in [3.05, 3.63) is 358 Å². The van der Waals surface area contributed by atoms with Crippen LogP contribution in [0.4, 0.5) is 11.4 Å². The quantitative estimate of drug-likeness (QED) is 0.0753. The number of rotatable bonds is 18. The first kappa shape index (κ1) is 106. The molecular formula is C97H91Al3Ga3N23O5S2+12. The molecule has 0 amide bonds. The summed E-state index contributed by atoms with van der Waals surface area (Å²) in [6, 6.07) is 74.7. The number of benzene rings is 8. The van der Waals surface area contributed by atoms with Gasteiger partial charge in [-0.05, 0) is 211 Å². The number of pyridine rings is 1. The Hall–Kier alpha value is -12.2. The molecule has 36 heteroatoms. The summed E-state index contributed by atoms with van der Waals surface area (Å²) in [4.78, 5) is 59.4.